The van der Waals surface area contributed by atoms with Crippen molar-refractivity contribution in [3.05, 3.63) is 45.0 Å². The Bertz CT molecular complexity index is 509. The molecule has 6 heteroatoms. The van der Waals surface area contributed by atoms with E-state index in [0.29, 0.717) is 17.6 Å². The maximum absolute atomic E-state index is 11.6. The highest BCUT2D eigenvalue weighted by Crippen LogP contribution is 2.18. The predicted molar refractivity (Wildman–Crippen MR) is 72.6 cm³/mol. The Balaban J connectivity index is 1.77. The number of aliphatic hydroxyl groups is 1. The molecule has 0 saturated heterocycles. The zero-order chi connectivity index (χ0) is 13.0. The van der Waals surface area contributed by atoms with Crippen molar-refractivity contribution < 1.29 is 14.3 Å². The van der Waals surface area contributed by atoms with Gasteiger partial charge in [0.2, 0.25) is 0 Å². The first-order valence-electron chi connectivity index (χ1n) is 5.40. The molecule has 1 atom stereocenters. The number of aliphatic hydroxyl groups excluding tert-OH is 1. The van der Waals surface area contributed by atoms with E-state index < -0.39 is 6.10 Å². The van der Waals surface area contributed by atoms with Gasteiger partial charge in [0, 0.05) is 6.54 Å². The van der Waals surface area contributed by atoms with Crippen LogP contribution in [0, 0.1) is 0 Å². The number of thiophene rings is 1. The summed E-state index contributed by atoms with van der Waals surface area (Å²) in [6, 6.07) is 5.13. The largest absolute Gasteiger partial charge is 0.444 e. The molecule has 18 heavy (non-hydrogen) atoms. The SMILES string of the molecule is O=C(NCC[C@@H](O)c1ccsc1)c1ccc(Br)o1. The molecule has 0 aromatic carbocycles. The molecule has 2 aromatic rings. The van der Waals surface area contributed by atoms with Gasteiger partial charge in [-0.05, 0) is 56.9 Å². The van der Waals surface area contributed by atoms with Crippen LogP contribution in [0.5, 0.6) is 0 Å². The molecular weight excluding hydrogens is 318 g/mol. The molecule has 0 spiro atoms. The van der Waals surface area contributed by atoms with Crippen LogP contribution in [0.2, 0.25) is 0 Å². The van der Waals surface area contributed by atoms with E-state index in [0.717, 1.165) is 5.56 Å². The Kier molecular flexibility index (Phi) is 4.57. The fraction of sp³-hybridized carbons (Fsp3) is 0.250. The second kappa shape index (κ2) is 6.17. The molecule has 96 valence electrons. The Labute approximate surface area is 117 Å². The van der Waals surface area contributed by atoms with Crippen molar-refractivity contribution in [2.75, 3.05) is 6.54 Å². The summed E-state index contributed by atoms with van der Waals surface area (Å²) in [6.45, 7) is 0.397. The molecule has 0 bridgehead atoms. The quantitative estimate of drug-likeness (QED) is 0.886. The van der Waals surface area contributed by atoms with Crippen LogP contribution in [0.3, 0.4) is 0 Å². The lowest BCUT2D eigenvalue weighted by atomic mass is 10.1. The van der Waals surface area contributed by atoms with Gasteiger partial charge in [0.25, 0.3) is 5.91 Å². The molecule has 1 amide bonds. The molecule has 2 N–H and O–H groups in total. The third kappa shape index (κ3) is 3.44. The number of hydrogen-bond acceptors (Lipinski definition) is 4. The van der Waals surface area contributed by atoms with Crippen molar-refractivity contribution in [3.8, 4) is 0 Å². The minimum Gasteiger partial charge on any atom is -0.444 e. The summed E-state index contributed by atoms with van der Waals surface area (Å²) in [7, 11) is 0. The summed E-state index contributed by atoms with van der Waals surface area (Å²) in [5.74, 6) is -0.0230. The standard InChI is InChI=1S/C12H12BrNO3S/c13-11-2-1-10(17-11)12(16)14-5-3-9(15)8-4-6-18-7-8/h1-2,4,6-7,9,15H,3,5H2,(H,14,16)/t9-/m1/s1. The first-order chi connectivity index (χ1) is 8.66. The molecule has 0 unspecified atom stereocenters. The molecule has 0 radical (unpaired) electrons. The van der Waals surface area contributed by atoms with Crippen molar-refractivity contribution in [1.82, 2.24) is 5.32 Å². The van der Waals surface area contributed by atoms with Gasteiger partial charge >= 0.3 is 0 Å². The Hall–Kier alpha value is -1.11. The number of nitrogens with one attached hydrogen (secondary N) is 1. The van der Waals surface area contributed by atoms with E-state index in [1.807, 2.05) is 16.8 Å². The van der Waals surface area contributed by atoms with Gasteiger partial charge in [0.1, 0.15) is 0 Å². The van der Waals surface area contributed by atoms with Gasteiger partial charge in [-0.3, -0.25) is 4.79 Å². The van der Waals surface area contributed by atoms with E-state index >= 15 is 0 Å². The van der Waals surface area contributed by atoms with Gasteiger partial charge in [-0.2, -0.15) is 11.3 Å². The summed E-state index contributed by atoms with van der Waals surface area (Å²) in [6.07, 6.45) is -0.0652. The van der Waals surface area contributed by atoms with Gasteiger partial charge in [0.05, 0.1) is 6.10 Å². The van der Waals surface area contributed by atoms with Crippen LogP contribution in [-0.4, -0.2) is 17.6 Å². The first kappa shape index (κ1) is 13.3. The smallest absolute Gasteiger partial charge is 0.287 e. The van der Waals surface area contributed by atoms with Crippen LogP contribution in [0.1, 0.15) is 28.6 Å². The topological polar surface area (TPSA) is 62.5 Å². The number of furan rings is 1. The van der Waals surface area contributed by atoms with Crippen LogP contribution in [0.25, 0.3) is 0 Å². The van der Waals surface area contributed by atoms with Crippen LogP contribution in [0.15, 0.2) is 38.0 Å². The highest BCUT2D eigenvalue weighted by atomic mass is 79.9. The number of rotatable bonds is 5. The van der Waals surface area contributed by atoms with Gasteiger partial charge in [0.15, 0.2) is 10.4 Å². The minimum absolute atomic E-state index is 0.256. The maximum Gasteiger partial charge on any atom is 0.287 e. The zero-order valence-corrected chi connectivity index (χ0v) is 11.8. The van der Waals surface area contributed by atoms with E-state index in [9.17, 15) is 9.90 Å². The van der Waals surface area contributed by atoms with Crippen molar-refractivity contribution in [2.45, 2.75) is 12.5 Å². The van der Waals surface area contributed by atoms with Crippen LogP contribution >= 0.6 is 27.3 Å². The molecule has 0 saturated carbocycles. The van der Waals surface area contributed by atoms with Crippen molar-refractivity contribution >= 4 is 33.2 Å². The number of halogens is 1. The van der Waals surface area contributed by atoms with Gasteiger partial charge < -0.3 is 14.8 Å². The Morgan fingerprint density at radius 2 is 2.33 bits per heavy atom. The van der Waals surface area contributed by atoms with Crippen LogP contribution in [-0.2, 0) is 0 Å². The van der Waals surface area contributed by atoms with E-state index in [2.05, 4.69) is 21.2 Å². The van der Waals surface area contributed by atoms with Crippen molar-refractivity contribution in [1.29, 1.82) is 0 Å². The second-order valence-corrected chi connectivity index (χ2v) is 5.28. The number of carbonyl (C=O) groups is 1. The summed E-state index contributed by atoms with van der Waals surface area (Å²) in [5, 5.41) is 16.3. The molecule has 2 aromatic heterocycles. The van der Waals surface area contributed by atoms with E-state index in [4.69, 9.17) is 4.42 Å². The lowest BCUT2D eigenvalue weighted by molar-refractivity contribution is 0.0914. The van der Waals surface area contributed by atoms with E-state index in [1.165, 1.54) is 11.3 Å². The normalized spacial score (nSPS) is 12.3. The average molecular weight is 330 g/mol. The third-order valence-electron chi connectivity index (χ3n) is 2.43. The summed E-state index contributed by atoms with van der Waals surface area (Å²) >= 11 is 4.67. The number of carbonyl (C=O) groups excluding carboxylic acids is 1. The molecule has 0 aliphatic carbocycles. The van der Waals surface area contributed by atoms with Crippen molar-refractivity contribution in [3.63, 3.8) is 0 Å². The second-order valence-electron chi connectivity index (χ2n) is 3.72. The average Bonchev–Trinajstić information content (AvgIpc) is 2.99. The fourth-order valence-corrected chi connectivity index (χ4v) is 2.49. The van der Waals surface area contributed by atoms with Crippen LogP contribution < -0.4 is 5.32 Å². The summed E-state index contributed by atoms with van der Waals surface area (Å²) in [5.41, 5.74) is 0.884. The minimum atomic E-state index is -0.542. The number of amides is 1. The third-order valence-corrected chi connectivity index (χ3v) is 3.56. The van der Waals surface area contributed by atoms with Gasteiger partial charge in [-0.25, -0.2) is 0 Å². The Morgan fingerprint density at radius 1 is 1.50 bits per heavy atom. The molecule has 0 aliphatic heterocycles. The highest BCUT2D eigenvalue weighted by molar-refractivity contribution is 9.10. The summed E-state index contributed by atoms with van der Waals surface area (Å²) < 4.78 is 5.64. The number of hydrogen-bond donors (Lipinski definition) is 2. The zero-order valence-electron chi connectivity index (χ0n) is 9.43. The Morgan fingerprint density at radius 3 is 2.94 bits per heavy atom. The first-order valence-corrected chi connectivity index (χ1v) is 7.14. The van der Waals surface area contributed by atoms with E-state index in [-0.39, 0.29) is 11.7 Å². The molecule has 0 aliphatic rings. The van der Waals surface area contributed by atoms with Crippen LogP contribution in [0.4, 0.5) is 0 Å². The van der Waals surface area contributed by atoms with Crippen molar-refractivity contribution in [2.24, 2.45) is 0 Å². The molecule has 2 heterocycles. The molecular formula is C12H12BrNO3S. The lowest BCUT2D eigenvalue weighted by Gasteiger charge is -2.09. The van der Waals surface area contributed by atoms with Gasteiger partial charge in [-0.15, -0.1) is 0 Å². The van der Waals surface area contributed by atoms with Gasteiger partial charge in [-0.1, -0.05) is 0 Å². The monoisotopic (exact) mass is 329 g/mol. The molecule has 0 fully saturated rings. The highest BCUT2D eigenvalue weighted by Gasteiger charge is 2.12. The van der Waals surface area contributed by atoms with E-state index in [1.54, 1.807) is 12.1 Å². The molecule has 2 rings (SSSR count). The summed E-state index contributed by atoms with van der Waals surface area (Å²) in [4.78, 5) is 11.6. The molecule has 4 nitrogen and oxygen atoms in total. The lowest BCUT2D eigenvalue weighted by Crippen LogP contribution is -2.25. The maximum atomic E-state index is 11.6. The predicted octanol–water partition coefficient (Wildman–Crippen LogP) is 2.96. The fourth-order valence-electron chi connectivity index (χ4n) is 1.48.